The summed E-state index contributed by atoms with van der Waals surface area (Å²) in [4.78, 5) is 17.0. The van der Waals surface area contributed by atoms with Crippen LogP contribution < -0.4 is 10.1 Å². The average Bonchev–Trinajstić information content (AvgIpc) is 3.25. The van der Waals surface area contributed by atoms with Crippen molar-refractivity contribution >= 4 is 16.7 Å². The summed E-state index contributed by atoms with van der Waals surface area (Å²) in [5, 5.41) is 9.01. The predicted octanol–water partition coefficient (Wildman–Crippen LogP) is 4.67. The maximum absolute atomic E-state index is 12.6. The number of carbonyl (C=O) groups is 1. The quantitative estimate of drug-likeness (QED) is 0.487. The van der Waals surface area contributed by atoms with E-state index in [1.807, 2.05) is 80.6 Å². The molecule has 30 heavy (non-hydrogen) atoms. The molecule has 6 nitrogen and oxygen atoms in total. The lowest BCUT2D eigenvalue weighted by Gasteiger charge is -2.17. The maximum Gasteiger partial charge on any atom is 0.261 e. The molecule has 4 rings (SSSR count). The first kappa shape index (κ1) is 19.6. The molecule has 0 saturated heterocycles. The first-order valence-corrected chi connectivity index (χ1v) is 9.95. The van der Waals surface area contributed by atoms with Gasteiger partial charge in [-0.05, 0) is 36.2 Å². The molecular formula is C24H23N3O3. The molecule has 1 atom stereocenters. The van der Waals surface area contributed by atoms with Crippen molar-refractivity contribution in [2.24, 2.45) is 0 Å². The van der Waals surface area contributed by atoms with E-state index in [4.69, 9.17) is 9.26 Å². The number of aryl methyl sites for hydroxylation is 1. The molecule has 0 spiro atoms. The lowest BCUT2D eigenvalue weighted by atomic mass is 10.1. The molecule has 0 aliphatic heterocycles. The van der Waals surface area contributed by atoms with E-state index in [1.165, 1.54) is 0 Å². The van der Waals surface area contributed by atoms with Gasteiger partial charge in [-0.25, -0.2) is 0 Å². The summed E-state index contributed by atoms with van der Waals surface area (Å²) in [5.41, 5.74) is 2.03. The Labute approximate surface area is 174 Å². The van der Waals surface area contributed by atoms with Gasteiger partial charge in [0.15, 0.2) is 6.10 Å². The first-order valence-electron chi connectivity index (χ1n) is 9.95. The molecule has 1 aromatic heterocycles. The van der Waals surface area contributed by atoms with Crippen LogP contribution >= 0.6 is 0 Å². The molecular weight excluding hydrogens is 378 g/mol. The van der Waals surface area contributed by atoms with Crippen LogP contribution in [-0.2, 0) is 11.3 Å². The minimum Gasteiger partial charge on any atom is -0.481 e. The fourth-order valence-corrected chi connectivity index (χ4v) is 3.15. The van der Waals surface area contributed by atoms with Gasteiger partial charge in [-0.15, -0.1) is 0 Å². The summed E-state index contributed by atoms with van der Waals surface area (Å²) in [7, 11) is 0. The highest BCUT2D eigenvalue weighted by Crippen LogP contribution is 2.22. The number of hydrogen-bond acceptors (Lipinski definition) is 5. The zero-order valence-corrected chi connectivity index (χ0v) is 17.0. The Kier molecular flexibility index (Phi) is 5.75. The molecule has 0 aliphatic rings. The smallest absolute Gasteiger partial charge is 0.261 e. The molecule has 1 unspecified atom stereocenters. The molecule has 152 valence electrons. The summed E-state index contributed by atoms with van der Waals surface area (Å²) < 4.78 is 11.2. The standard InChI is InChI=1S/C24H23N3O3/c1-3-21(29-20-13-12-17-6-4-5-7-19(17)14-20)24(28)25-15-22-26-23(27-30-22)18-10-8-16(2)9-11-18/h4-14,21H,3,15H2,1-2H3,(H,25,28). The van der Waals surface area contributed by atoms with Crippen molar-refractivity contribution in [1.29, 1.82) is 0 Å². The number of rotatable bonds is 7. The molecule has 0 fully saturated rings. The number of fused-ring (bicyclic) bond motifs is 1. The molecule has 0 bridgehead atoms. The van der Waals surface area contributed by atoms with Crippen LogP contribution in [0.3, 0.4) is 0 Å². The van der Waals surface area contributed by atoms with E-state index in [2.05, 4.69) is 15.5 Å². The van der Waals surface area contributed by atoms with Gasteiger partial charge in [-0.3, -0.25) is 4.79 Å². The van der Waals surface area contributed by atoms with E-state index < -0.39 is 6.10 Å². The van der Waals surface area contributed by atoms with E-state index in [9.17, 15) is 4.79 Å². The van der Waals surface area contributed by atoms with Crippen molar-refractivity contribution in [3.8, 4) is 17.1 Å². The molecule has 4 aromatic rings. The Morgan fingerprint density at radius 3 is 2.60 bits per heavy atom. The second kappa shape index (κ2) is 8.78. The van der Waals surface area contributed by atoms with Crippen LogP contribution in [0.5, 0.6) is 5.75 Å². The van der Waals surface area contributed by atoms with Crippen LogP contribution in [0.2, 0.25) is 0 Å². The SMILES string of the molecule is CCC(Oc1ccc2ccccc2c1)C(=O)NCc1nc(-c2ccc(C)cc2)no1. The minimum atomic E-state index is -0.606. The maximum atomic E-state index is 12.6. The van der Waals surface area contributed by atoms with Crippen LogP contribution in [0, 0.1) is 6.92 Å². The van der Waals surface area contributed by atoms with E-state index in [1.54, 1.807) is 0 Å². The van der Waals surface area contributed by atoms with Crippen LogP contribution in [0.4, 0.5) is 0 Å². The van der Waals surface area contributed by atoms with Gasteiger partial charge in [0.25, 0.3) is 5.91 Å². The Morgan fingerprint density at radius 2 is 1.83 bits per heavy atom. The molecule has 6 heteroatoms. The molecule has 0 saturated carbocycles. The summed E-state index contributed by atoms with van der Waals surface area (Å²) in [5.74, 6) is 1.29. The van der Waals surface area contributed by atoms with Crippen molar-refractivity contribution in [2.75, 3.05) is 0 Å². The number of benzene rings is 3. The number of carbonyl (C=O) groups excluding carboxylic acids is 1. The first-order chi connectivity index (χ1) is 14.6. The van der Waals surface area contributed by atoms with E-state index in [-0.39, 0.29) is 12.5 Å². The summed E-state index contributed by atoms with van der Waals surface area (Å²) in [6, 6.07) is 21.7. The molecule has 0 radical (unpaired) electrons. The van der Waals surface area contributed by atoms with Crippen molar-refractivity contribution in [3.05, 3.63) is 78.2 Å². The molecule has 0 aliphatic carbocycles. The van der Waals surface area contributed by atoms with Crippen LogP contribution in [0.1, 0.15) is 24.8 Å². The van der Waals surface area contributed by atoms with E-state index in [0.717, 1.165) is 21.9 Å². The van der Waals surface area contributed by atoms with Gasteiger partial charge in [0, 0.05) is 5.56 Å². The summed E-state index contributed by atoms with van der Waals surface area (Å²) in [6.07, 6.45) is -0.0671. The minimum absolute atomic E-state index is 0.148. The molecule has 1 heterocycles. The zero-order valence-electron chi connectivity index (χ0n) is 17.0. The van der Waals surface area contributed by atoms with E-state index in [0.29, 0.717) is 23.9 Å². The largest absolute Gasteiger partial charge is 0.481 e. The van der Waals surface area contributed by atoms with Gasteiger partial charge in [-0.2, -0.15) is 4.98 Å². The summed E-state index contributed by atoms with van der Waals surface area (Å²) in [6.45, 7) is 4.08. The normalized spacial score (nSPS) is 11.9. The Hall–Kier alpha value is -3.67. The van der Waals surface area contributed by atoms with Crippen LogP contribution in [-0.4, -0.2) is 22.2 Å². The third kappa shape index (κ3) is 4.49. The highest BCUT2D eigenvalue weighted by atomic mass is 16.5. The van der Waals surface area contributed by atoms with Gasteiger partial charge in [0.1, 0.15) is 5.75 Å². The monoisotopic (exact) mass is 401 g/mol. The number of nitrogens with one attached hydrogen (secondary N) is 1. The second-order valence-corrected chi connectivity index (χ2v) is 7.12. The van der Waals surface area contributed by atoms with Crippen molar-refractivity contribution in [3.63, 3.8) is 0 Å². The molecule has 1 N–H and O–H groups in total. The van der Waals surface area contributed by atoms with Gasteiger partial charge >= 0.3 is 0 Å². The zero-order chi connectivity index (χ0) is 20.9. The highest BCUT2D eigenvalue weighted by Gasteiger charge is 2.19. The lowest BCUT2D eigenvalue weighted by molar-refractivity contribution is -0.128. The number of hydrogen-bond donors (Lipinski definition) is 1. The average molecular weight is 401 g/mol. The van der Waals surface area contributed by atoms with Crippen molar-refractivity contribution in [2.45, 2.75) is 32.9 Å². The van der Waals surface area contributed by atoms with Crippen LogP contribution in [0.25, 0.3) is 22.2 Å². The predicted molar refractivity (Wildman–Crippen MR) is 115 cm³/mol. The van der Waals surface area contributed by atoms with Crippen molar-refractivity contribution < 1.29 is 14.1 Å². The molecule has 3 aromatic carbocycles. The number of aromatic nitrogens is 2. The van der Waals surface area contributed by atoms with Gasteiger partial charge in [0.2, 0.25) is 11.7 Å². The second-order valence-electron chi connectivity index (χ2n) is 7.12. The van der Waals surface area contributed by atoms with Crippen LogP contribution in [0.15, 0.2) is 71.3 Å². The van der Waals surface area contributed by atoms with Gasteiger partial charge < -0.3 is 14.6 Å². The Balaban J connectivity index is 1.37. The number of amides is 1. The van der Waals surface area contributed by atoms with Crippen molar-refractivity contribution in [1.82, 2.24) is 15.5 Å². The fraction of sp³-hybridized carbons (Fsp3) is 0.208. The molecule has 1 amide bonds. The summed E-state index contributed by atoms with van der Waals surface area (Å²) >= 11 is 0. The topological polar surface area (TPSA) is 77.2 Å². The lowest BCUT2D eigenvalue weighted by Crippen LogP contribution is -2.37. The fourth-order valence-electron chi connectivity index (χ4n) is 3.15. The van der Waals surface area contributed by atoms with Gasteiger partial charge in [0.05, 0.1) is 6.54 Å². The third-order valence-electron chi connectivity index (χ3n) is 4.85. The highest BCUT2D eigenvalue weighted by molar-refractivity contribution is 5.84. The Morgan fingerprint density at radius 1 is 1.07 bits per heavy atom. The van der Waals surface area contributed by atoms with Gasteiger partial charge in [-0.1, -0.05) is 72.2 Å². The number of nitrogens with zero attached hydrogens (tertiary/aromatic N) is 2. The number of ether oxygens (including phenoxy) is 1. The van der Waals surface area contributed by atoms with E-state index >= 15 is 0 Å². The third-order valence-corrected chi connectivity index (χ3v) is 4.85. The Bertz CT molecular complexity index is 1150.